The fraction of sp³-hybridized carbons (Fsp3) is 0.421. The van der Waals surface area contributed by atoms with Gasteiger partial charge in [-0.15, -0.1) is 21.5 Å². The van der Waals surface area contributed by atoms with E-state index in [1.807, 2.05) is 17.5 Å². The summed E-state index contributed by atoms with van der Waals surface area (Å²) in [5.41, 5.74) is 0.0272. The average Bonchev–Trinajstić information content (AvgIpc) is 3.45. The fourth-order valence-corrected chi connectivity index (χ4v) is 5.05. The summed E-state index contributed by atoms with van der Waals surface area (Å²) in [5.74, 6) is 2.07. The number of hydrogen-bond donors (Lipinski definition) is 1. The zero-order chi connectivity index (χ0) is 21.3. The zero-order valence-corrected chi connectivity index (χ0v) is 18.7. The summed E-state index contributed by atoms with van der Waals surface area (Å²) in [6.45, 7) is 5.40. The molecule has 11 heteroatoms. The van der Waals surface area contributed by atoms with Crippen LogP contribution < -0.4 is 11.2 Å². The van der Waals surface area contributed by atoms with Gasteiger partial charge in [-0.2, -0.15) is 0 Å². The van der Waals surface area contributed by atoms with Crippen LogP contribution in [0.4, 0.5) is 0 Å². The maximum atomic E-state index is 12.4. The van der Waals surface area contributed by atoms with E-state index in [1.165, 1.54) is 11.8 Å². The number of unbranched alkanes of at least 4 members (excludes halogenated alkanes) is 1. The van der Waals surface area contributed by atoms with Gasteiger partial charge < -0.3 is 9.13 Å². The summed E-state index contributed by atoms with van der Waals surface area (Å²) in [7, 11) is 1.80. The van der Waals surface area contributed by atoms with E-state index < -0.39 is 11.2 Å². The van der Waals surface area contributed by atoms with Crippen LogP contribution in [0.3, 0.4) is 0 Å². The number of hydrogen-bond acceptors (Lipinski definition) is 7. The third kappa shape index (κ3) is 3.63. The van der Waals surface area contributed by atoms with Gasteiger partial charge in [-0.1, -0.05) is 31.2 Å². The van der Waals surface area contributed by atoms with Crippen molar-refractivity contribution >= 4 is 34.3 Å². The molecule has 0 spiro atoms. The molecule has 0 fully saturated rings. The number of H-pyrrole nitrogens is 1. The molecule has 9 nitrogen and oxygen atoms in total. The molecule has 0 unspecified atom stereocenters. The van der Waals surface area contributed by atoms with Gasteiger partial charge in [-0.05, 0) is 24.8 Å². The predicted molar refractivity (Wildman–Crippen MR) is 119 cm³/mol. The number of rotatable bonds is 8. The average molecular weight is 446 g/mol. The van der Waals surface area contributed by atoms with Gasteiger partial charge in [0.05, 0.1) is 10.6 Å². The van der Waals surface area contributed by atoms with Crippen molar-refractivity contribution in [2.45, 2.75) is 50.7 Å². The molecule has 0 saturated heterocycles. The molecule has 0 aliphatic carbocycles. The first-order chi connectivity index (χ1) is 14.5. The molecule has 0 aliphatic heterocycles. The van der Waals surface area contributed by atoms with Gasteiger partial charge in [-0.25, -0.2) is 9.78 Å². The molecule has 4 heterocycles. The highest BCUT2D eigenvalue weighted by atomic mass is 32.2. The Morgan fingerprint density at radius 3 is 2.73 bits per heavy atom. The van der Waals surface area contributed by atoms with Crippen molar-refractivity contribution in [3.63, 3.8) is 0 Å². The molecule has 0 saturated carbocycles. The van der Waals surface area contributed by atoms with E-state index in [0.717, 1.165) is 35.2 Å². The Morgan fingerprint density at radius 1 is 1.20 bits per heavy atom. The van der Waals surface area contributed by atoms with Crippen molar-refractivity contribution in [1.29, 1.82) is 0 Å². The van der Waals surface area contributed by atoms with Gasteiger partial charge in [0.2, 0.25) is 0 Å². The van der Waals surface area contributed by atoms with Gasteiger partial charge in [0.15, 0.2) is 22.1 Å². The van der Waals surface area contributed by atoms with Crippen LogP contribution in [-0.2, 0) is 25.9 Å². The Morgan fingerprint density at radius 2 is 2.03 bits per heavy atom. The first kappa shape index (κ1) is 20.6. The molecule has 0 radical (unpaired) electrons. The number of thiophene rings is 1. The Labute approximate surface area is 180 Å². The second kappa shape index (κ2) is 8.60. The number of aromatic nitrogens is 7. The second-order valence-electron chi connectivity index (χ2n) is 6.84. The summed E-state index contributed by atoms with van der Waals surface area (Å²) in [6.07, 6.45) is 1.79. The topological polar surface area (TPSA) is 103 Å². The standard InChI is InChI=1S/C19H23N7O2S2/c1-4-6-9-26-16-14(17(27)21-18(26)28)24(3)13(20-16)11-30-19-23-22-15(25(19)5-2)12-8-7-10-29-12/h7-8,10H,4-6,9,11H2,1-3H3,(H,21,27,28). The fourth-order valence-electron chi connectivity index (χ4n) is 3.34. The molecule has 0 aliphatic rings. The first-order valence-electron chi connectivity index (χ1n) is 9.83. The van der Waals surface area contributed by atoms with Gasteiger partial charge in [-0.3, -0.25) is 14.3 Å². The van der Waals surface area contributed by atoms with Crippen LogP contribution in [0.5, 0.6) is 0 Å². The Hall–Kier alpha value is -2.66. The maximum Gasteiger partial charge on any atom is 0.330 e. The lowest BCUT2D eigenvalue weighted by Crippen LogP contribution is -2.31. The van der Waals surface area contributed by atoms with Gasteiger partial charge in [0.25, 0.3) is 5.56 Å². The van der Waals surface area contributed by atoms with E-state index in [4.69, 9.17) is 0 Å². The van der Waals surface area contributed by atoms with Gasteiger partial charge in [0.1, 0.15) is 5.82 Å². The SMILES string of the molecule is CCCCn1c(=O)[nH]c(=O)c2c1nc(CSc1nnc(-c3cccs3)n1CC)n2C. The summed E-state index contributed by atoms with van der Waals surface area (Å²) >= 11 is 3.15. The van der Waals surface area contributed by atoms with Crippen LogP contribution in [0, 0.1) is 0 Å². The van der Waals surface area contributed by atoms with E-state index in [2.05, 4.69) is 38.6 Å². The van der Waals surface area contributed by atoms with E-state index in [1.54, 1.807) is 27.5 Å². The van der Waals surface area contributed by atoms with E-state index in [-0.39, 0.29) is 0 Å². The number of aromatic amines is 1. The third-order valence-electron chi connectivity index (χ3n) is 4.95. The van der Waals surface area contributed by atoms with Crippen molar-refractivity contribution < 1.29 is 0 Å². The van der Waals surface area contributed by atoms with Crippen LogP contribution in [0.2, 0.25) is 0 Å². The molecule has 158 valence electrons. The first-order valence-corrected chi connectivity index (χ1v) is 11.7. The number of aryl methyl sites for hydroxylation is 2. The smallest absolute Gasteiger partial charge is 0.325 e. The van der Waals surface area contributed by atoms with Crippen LogP contribution in [0.25, 0.3) is 21.9 Å². The number of fused-ring (bicyclic) bond motifs is 1. The highest BCUT2D eigenvalue weighted by molar-refractivity contribution is 7.98. The summed E-state index contributed by atoms with van der Waals surface area (Å²) in [6, 6.07) is 4.03. The number of nitrogens with zero attached hydrogens (tertiary/aromatic N) is 6. The lowest BCUT2D eigenvalue weighted by molar-refractivity contribution is 0.613. The molecule has 4 rings (SSSR count). The van der Waals surface area contributed by atoms with Crippen LogP contribution in [-0.4, -0.2) is 33.9 Å². The number of thioether (sulfide) groups is 1. The van der Waals surface area contributed by atoms with Crippen molar-refractivity contribution in [3.05, 3.63) is 44.2 Å². The van der Waals surface area contributed by atoms with E-state index in [0.29, 0.717) is 29.3 Å². The molecule has 1 N–H and O–H groups in total. The highest BCUT2D eigenvalue weighted by Gasteiger charge is 2.19. The molecule has 30 heavy (non-hydrogen) atoms. The van der Waals surface area contributed by atoms with Crippen LogP contribution in [0.1, 0.15) is 32.5 Å². The number of nitrogens with one attached hydrogen (secondary N) is 1. The van der Waals surface area contributed by atoms with Crippen molar-refractivity contribution in [1.82, 2.24) is 33.9 Å². The normalized spacial score (nSPS) is 11.6. The Balaban J connectivity index is 1.67. The second-order valence-corrected chi connectivity index (χ2v) is 8.73. The minimum absolute atomic E-state index is 0.411. The molecule has 0 aromatic carbocycles. The summed E-state index contributed by atoms with van der Waals surface area (Å²) < 4.78 is 5.39. The number of imidazole rings is 1. The molecule has 4 aromatic rings. The predicted octanol–water partition coefficient (Wildman–Crippen LogP) is 2.86. The Kier molecular flexibility index (Phi) is 5.91. The van der Waals surface area contributed by atoms with Crippen molar-refractivity contribution in [2.75, 3.05) is 0 Å². The summed E-state index contributed by atoms with van der Waals surface area (Å²) in [5, 5.41) is 11.5. The van der Waals surface area contributed by atoms with E-state index in [9.17, 15) is 9.59 Å². The lowest BCUT2D eigenvalue weighted by atomic mass is 10.3. The largest absolute Gasteiger partial charge is 0.330 e. The monoisotopic (exact) mass is 445 g/mol. The summed E-state index contributed by atoms with van der Waals surface area (Å²) in [4.78, 5) is 32.8. The van der Waals surface area contributed by atoms with E-state index >= 15 is 0 Å². The lowest BCUT2D eigenvalue weighted by Gasteiger charge is -2.06. The van der Waals surface area contributed by atoms with Crippen molar-refractivity contribution in [3.8, 4) is 10.7 Å². The Bertz CT molecular complexity index is 1280. The van der Waals surface area contributed by atoms with Crippen LogP contribution >= 0.6 is 23.1 Å². The van der Waals surface area contributed by atoms with Gasteiger partial charge in [0, 0.05) is 20.1 Å². The molecular weight excluding hydrogens is 422 g/mol. The zero-order valence-electron chi connectivity index (χ0n) is 17.1. The van der Waals surface area contributed by atoms with Crippen molar-refractivity contribution in [2.24, 2.45) is 7.05 Å². The molecule has 0 amide bonds. The third-order valence-corrected chi connectivity index (χ3v) is 6.77. The quantitative estimate of drug-likeness (QED) is 0.418. The minimum atomic E-state index is -0.412. The molecule has 0 atom stereocenters. The van der Waals surface area contributed by atoms with Gasteiger partial charge >= 0.3 is 5.69 Å². The molecule has 4 aromatic heterocycles. The molecular formula is C19H23N7O2S2. The molecule has 0 bridgehead atoms. The maximum absolute atomic E-state index is 12.4. The highest BCUT2D eigenvalue weighted by Crippen LogP contribution is 2.28. The van der Waals surface area contributed by atoms with Crippen LogP contribution in [0.15, 0.2) is 32.3 Å². The minimum Gasteiger partial charge on any atom is -0.325 e.